The number of carbonyl (C=O) groups is 1. The van der Waals surface area contributed by atoms with Crippen LogP contribution in [0.4, 0.5) is 10.6 Å². The Hall–Kier alpha value is -1.76. The largest absolute Gasteiger partial charge is 0.443 e. The standard InChI is InChI=1S/C31H49ClN4O6Si/c1-29(2,3)42-28(37)35(19-13-11-12-14-19)26-21-16-15-20(36(21)34-27(32)33-26)17-22-24-25(41-31(7,8)40-24)23(39-22)18-38-43(9,10)30(4,5)6/h15-16,19,22-25H,11-14,17-18H2,1-10H3/t22-,23-,24+,25-/m1/s1. The summed E-state index contributed by atoms with van der Waals surface area (Å²) in [7, 11) is -1.99. The minimum Gasteiger partial charge on any atom is -0.443 e. The summed E-state index contributed by atoms with van der Waals surface area (Å²) in [4.78, 5) is 19.8. The third-order valence-electron chi connectivity index (χ3n) is 9.12. The van der Waals surface area contributed by atoms with Gasteiger partial charge in [0.2, 0.25) is 5.28 Å². The highest BCUT2D eigenvalue weighted by atomic mass is 35.5. The van der Waals surface area contributed by atoms with E-state index in [2.05, 4.69) is 43.9 Å². The molecule has 43 heavy (non-hydrogen) atoms. The fraction of sp³-hybridized carbons (Fsp3) is 0.774. The lowest BCUT2D eigenvalue weighted by Crippen LogP contribution is -2.44. The minimum atomic E-state index is -1.99. The normalized spacial score (nSPS) is 26.3. The molecule has 0 N–H and O–H groups in total. The van der Waals surface area contributed by atoms with Crippen molar-refractivity contribution < 1.29 is 28.2 Å². The van der Waals surface area contributed by atoms with Crippen molar-refractivity contribution in [3.63, 3.8) is 0 Å². The lowest BCUT2D eigenvalue weighted by atomic mass is 10.0. The summed E-state index contributed by atoms with van der Waals surface area (Å²) >= 11 is 6.52. The number of rotatable bonds is 7. The number of anilines is 1. The smallest absolute Gasteiger partial charge is 0.416 e. The van der Waals surface area contributed by atoms with Gasteiger partial charge in [0.1, 0.15) is 29.4 Å². The van der Waals surface area contributed by atoms with Crippen molar-refractivity contribution in [1.29, 1.82) is 0 Å². The van der Waals surface area contributed by atoms with Crippen molar-refractivity contribution in [2.75, 3.05) is 11.5 Å². The quantitative estimate of drug-likeness (QED) is 0.302. The van der Waals surface area contributed by atoms with Crippen LogP contribution in [0.2, 0.25) is 23.4 Å². The highest BCUT2D eigenvalue weighted by molar-refractivity contribution is 6.74. The first-order valence-corrected chi connectivity index (χ1v) is 18.9. The summed E-state index contributed by atoms with van der Waals surface area (Å²) < 4.78 is 33.5. The number of fused-ring (bicyclic) bond motifs is 2. The third-order valence-corrected chi connectivity index (χ3v) is 13.8. The molecule has 0 bridgehead atoms. The Morgan fingerprint density at radius 3 is 2.33 bits per heavy atom. The maximum absolute atomic E-state index is 13.5. The van der Waals surface area contributed by atoms with Gasteiger partial charge in [-0.3, -0.25) is 4.90 Å². The second-order valence-corrected chi connectivity index (χ2v) is 20.3. The van der Waals surface area contributed by atoms with Crippen LogP contribution in [0.5, 0.6) is 0 Å². The summed E-state index contributed by atoms with van der Waals surface area (Å²) in [5.41, 5.74) is 0.916. The van der Waals surface area contributed by atoms with Gasteiger partial charge in [0.15, 0.2) is 19.9 Å². The van der Waals surface area contributed by atoms with Crippen molar-refractivity contribution in [3.05, 3.63) is 23.1 Å². The monoisotopic (exact) mass is 636 g/mol. The molecule has 4 atom stereocenters. The highest BCUT2D eigenvalue weighted by Crippen LogP contribution is 2.42. The third kappa shape index (κ3) is 6.91. The molecule has 0 spiro atoms. The van der Waals surface area contributed by atoms with Crippen LogP contribution in [0, 0.1) is 0 Å². The molecule has 10 nitrogen and oxygen atoms in total. The zero-order valence-corrected chi connectivity index (χ0v) is 29.2. The zero-order valence-electron chi connectivity index (χ0n) is 27.4. The number of halogens is 1. The summed E-state index contributed by atoms with van der Waals surface area (Å²) in [5.74, 6) is -0.262. The molecule has 12 heteroatoms. The SMILES string of the molecule is CC(C)(C)OC(=O)N(c1nc(Cl)nn2c(C[C@H]3O[C@H](CO[Si](C)(C)C(C)(C)C)[C@H]4OC(C)(C)O[C@H]43)ccc12)C1CCCC1. The molecule has 3 fully saturated rings. The molecule has 2 aromatic heterocycles. The highest BCUT2D eigenvalue weighted by Gasteiger charge is 2.55. The van der Waals surface area contributed by atoms with Crippen LogP contribution >= 0.6 is 11.6 Å². The molecule has 0 unspecified atom stereocenters. The topological polar surface area (TPSA) is 96.7 Å². The van der Waals surface area contributed by atoms with E-state index in [1.807, 2.05) is 46.8 Å². The number of ether oxygens (including phenoxy) is 4. The number of carbonyl (C=O) groups excluding carboxylic acids is 1. The van der Waals surface area contributed by atoms with E-state index in [-0.39, 0.29) is 40.8 Å². The maximum atomic E-state index is 13.5. The van der Waals surface area contributed by atoms with Crippen molar-refractivity contribution in [3.8, 4) is 0 Å². The first-order valence-electron chi connectivity index (χ1n) is 15.6. The fourth-order valence-corrected chi connectivity index (χ4v) is 7.17. The van der Waals surface area contributed by atoms with Gasteiger partial charge in [-0.2, -0.15) is 4.98 Å². The molecule has 2 saturated heterocycles. The lowest BCUT2D eigenvalue weighted by molar-refractivity contribution is -0.189. The van der Waals surface area contributed by atoms with E-state index < -0.39 is 25.8 Å². The van der Waals surface area contributed by atoms with E-state index in [1.165, 1.54) is 0 Å². The zero-order chi connectivity index (χ0) is 31.5. The molecule has 2 aromatic rings. The molecule has 5 rings (SSSR count). The molecular weight excluding hydrogens is 588 g/mol. The van der Waals surface area contributed by atoms with Gasteiger partial charge >= 0.3 is 6.09 Å². The van der Waals surface area contributed by atoms with E-state index in [0.717, 1.165) is 31.4 Å². The Morgan fingerprint density at radius 1 is 1.09 bits per heavy atom. The molecule has 3 aliphatic rings. The first kappa shape index (κ1) is 32.6. The van der Waals surface area contributed by atoms with Crippen LogP contribution in [0.1, 0.15) is 86.8 Å². The molecule has 1 amide bonds. The number of nitrogens with zero attached hydrogens (tertiary/aromatic N) is 4. The molecular formula is C31H49ClN4O6Si. The lowest BCUT2D eigenvalue weighted by Gasteiger charge is -2.37. The van der Waals surface area contributed by atoms with Crippen LogP contribution < -0.4 is 4.90 Å². The summed E-state index contributed by atoms with van der Waals surface area (Å²) in [6, 6.07) is 3.91. The average Bonchev–Trinajstić information content (AvgIpc) is 3.62. The molecule has 4 heterocycles. The number of hydrogen-bond donors (Lipinski definition) is 0. The Labute approximate surface area is 261 Å². The fourth-order valence-electron chi connectivity index (χ4n) is 6.00. The number of hydrogen-bond acceptors (Lipinski definition) is 8. The second kappa shape index (κ2) is 11.5. The van der Waals surface area contributed by atoms with Crippen molar-refractivity contribution in [2.24, 2.45) is 0 Å². The summed E-state index contributed by atoms with van der Waals surface area (Å²) in [6.07, 6.45) is 2.89. The first-order chi connectivity index (χ1) is 19.9. The van der Waals surface area contributed by atoms with Crippen LogP contribution in [-0.4, -0.2) is 77.5 Å². The molecule has 2 aliphatic heterocycles. The molecule has 1 aliphatic carbocycles. The molecule has 1 saturated carbocycles. The van der Waals surface area contributed by atoms with Gasteiger partial charge in [0.25, 0.3) is 0 Å². The predicted molar refractivity (Wildman–Crippen MR) is 168 cm³/mol. The van der Waals surface area contributed by atoms with Crippen LogP contribution in [-0.2, 0) is 29.8 Å². The number of amides is 1. The van der Waals surface area contributed by atoms with Gasteiger partial charge in [-0.1, -0.05) is 33.6 Å². The maximum Gasteiger partial charge on any atom is 0.416 e. The predicted octanol–water partition coefficient (Wildman–Crippen LogP) is 6.92. The number of aromatic nitrogens is 3. The van der Waals surface area contributed by atoms with E-state index in [9.17, 15) is 4.79 Å². The summed E-state index contributed by atoms with van der Waals surface area (Å²) in [5, 5.41) is 4.70. The van der Waals surface area contributed by atoms with E-state index >= 15 is 0 Å². The molecule has 0 aromatic carbocycles. The minimum absolute atomic E-state index is 0.0187. The van der Waals surface area contributed by atoms with Gasteiger partial charge in [-0.15, -0.1) is 5.10 Å². The van der Waals surface area contributed by atoms with Gasteiger partial charge in [-0.05, 0) is 89.3 Å². The van der Waals surface area contributed by atoms with E-state index in [1.54, 1.807) is 9.42 Å². The van der Waals surface area contributed by atoms with Crippen LogP contribution in [0.25, 0.3) is 5.52 Å². The van der Waals surface area contributed by atoms with Gasteiger partial charge in [0, 0.05) is 18.2 Å². The molecule has 240 valence electrons. The Bertz CT molecular complexity index is 1330. The van der Waals surface area contributed by atoms with E-state index in [4.69, 9.17) is 35.0 Å². The van der Waals surface area contributed by atoms with Crippen LogP contribution in [0.3, 0.4) is 0 Å². The van der Waals surface area contributed by atoms with Gasteiger partial charge < -0.3 is 23.4 Å². The van der Waals surface area contributed by atoms with Gasteiger partial charge in [0.05, 0.1) is 12.7 Å². The summed E-state index contributed by atoms with van der Waals surface area (Å²) in [6.45, 7) is 21.1. The Morgan fingerprint density at radius 2 is 1.72 bits per heavy atom. The average molecular weight is 637 g/mol. The van der Waals surface area contributed by atoms with Crippen LogP contribution in [0.15, 0.2) is 12.1 Å². The Balaban J connectivity index is 1.43. The van der Waals surface area contributed by atoms with Crippen molar-refractivity contribution in [2.45, 2.75) is 147 Å². The van der Waals surface area contributed by atoms with E-state index in [0.29, 0.717) is 24.4 Å². The Kier molecular flexibility index (Phi) is 8.76. The van der Waals surface area contributed by atoms with Gasteiger partial charge in [-0.25, -0.2) is 9.31 Å². The van der Waals surface area contributed by atoms with Crippen molar-refractivity contribution in [1.82, 2.24) is 14.6 Å². The second-order valence-electron chi connectivity index (χ2n) is 15.2. The van der Waals surface area contributed by atoms with Crippen molar-refractivity contribution >= 4 is 37.3 Å². The molecule has 0 radical (unpaired) electrons.